The summed E-state index contributed by atoms with van der Waals surface area (Å²) in [6.07, 6.45) is 0. The van der Waals surface area contributed by atoms with E-state index in [1.807, 2.05) is 12.1 Å². The molecular formula is C58H37NO. The predicted octanol–water partition coefficient (Wildman–Crippen LogP) is 16.7. The van der Waals surface area contributed by atoms with Gasteiger partial charge in [0.25, 0.3) is 0 Å². The number of rotatable bonds is 6. The number of fused-ring (bicyclic) bond motifs is 10. The van der Waals surface area contributed by atoms with E-state index < -0.39 is 0 Å². The number of para-hydroxylation sites is 1. The minimum absolute atomic E-state index is 0.906. The highest BCUT2D eigenvalue weighted by Crippen LogP contribution is 2.41. The average molecular weight is 764 g/mol. The molecule has 60 heavy (non-hydrogen) atoms. The quantitative estimate of drug-likeness (QED) is 0.157. The van der Waals surface area contributed by atoms with Gasteiger partial charge in [-0.05, 0) is 143 Å². The van der Waals surface area contributed by atoms with Gasteiger partial charge in [0.15, 0.2) is 0 Å². The Labute approximate surface area is 347 Å². The molecule has 0 saturated carbocycles. The van der Waals surface area contributed by atoms with Crippen molar-refractivity contribution in [1.29, 1.82) is 0 Å². The third-order valence-corrected chi connectivity index (χ3v) is 12.2. The standard InChI is InChI=1S/C58H37NO/c1-2-11-41-34-43(21-20-38(41)10-1)42-12-9-13-48(35-42)59(47-30-24-40(25-31-47)45-27-33-58-56(37-45)54-18-7-8-19-57(54)60-58)46-28-22-39(23-29-46)44-26-32-53-51-16-4-3-14-49(51)50-15-5-6-17-52(50)55(53)36-44/h1-37H. The van der Waals surface area contributed by atoms with Gasteiger partial charge in [-0.3, -0.25) is 0 Å². The minimum atomic E-state index is 0.906. The summed E-state index contributed by atoms with van der Waals surface area (Å²) in [5.74, 6) is 0. The Morgan fingerprint density at radius 2 is 0.700 bits per heavy atom. The highest BCUT2D eigenvalue weighted by Gasteiger charge is 2.16. The molecule has 0 aliphatic carbocycles. The van der Waals surface area contributed by atoms with E-state index in [1.54, 1.807) is 0 Å². The first kappa shape index (κ1) is 34.1. The number of furan rings is 1. The van der Waals surface area contributed by atoms with Crippen LogP contribution in [-0.4, -0.2) is 0 Å². The third kappa shape index (κ3) is 5.73. The molecule has 11 aromatic carbocycles. The molecular weight excluding hydrogens is 727 g/mol. The molecule has 2 heteroatoms. The first-order valence-electron chi connectivity index (χ1n) is 20.6. The summed E-state index contributed by atoms with van der Waals surface area (Å²) >= 11 is 0. The van der Waals surface area contributed by atoms with Crippen molar-refractivity contribution < 1.29 is 4.42 Å². The van der Waals surface area contributed by atoms with Crippen LogP contribution in [0.25, 0.3) is 98.4 Å². The summed E-state index contributed by atoms with van der Waals surface area (Å²) in [4.78, 5) is 2.37. The Hall–Kier alpha value is -7.94. The second-order valence-corrected chi connectivity index (χ2v) is 15.7. The summed E-state index contributed by atoms with van der Waals surface area (Å²) in [5.41, 5.74) is 12.1. The molecule has 2 nitrogen and oxygen atoms in total. The zero-order valence-electron chi connectivity index (χ0n) is 32.7. The van der Waals surface area contributed by atoms with Gasteiger partial charge in [0.2, 0.25) is 0 Å². The fourth-order valence-electron chi connectivity index (χ4n) is 9.24. The van der Waals surface area contributed by atoms with Crippen molar-refractivity contribution in [2.24, 2.45) is 0 Å². The average Bonchev–Trinajstić information content (AvgIpc) is 3.70. The molecule has 0 amide bonds. The van der Waals surface area contributed by atoms with Crippen molar-refractivity contribution in [3.63, 3.8) is 0 Å². The van der Waals surface area contributed by atoms with Gasteiger partial charge in [0.1, 0.15) is 11.2 Å². The van der Waals surface area contributed by atoms with Crippen LogP contribution in [0.15, 0.2) is 229 Å². The largest absolute Gasteiger partial charge is 0.456 e. The van der Waals surface area contributed by atoms with Crippen LogP contribution in [0.5, 0.6) is 0 Å². The predicted molar refractivity (Wildman–Crippen MR) is 255 cm³/mol. The van der Waals surface area contributed by atoms with Gasteiger partial charge in [0.05, 0.1) is 0 Å². The highest BCUT2D eigenvalue weighted by atomic mass is 16.3. The maximum Gasteiger partial charge on any atom is 0.135 e. The molecule has 0 aliphatic heterocycles. The van der Waals surface area contributed by atoms with Gasteiger partial charge in [-0.15, -0.1) is 0 Å². The molecule has 0 spiro atoms. The molecule has 280 valence electrons. The van der Waals surface area contributed by atoms with Crippen LogP contribution in [0.2, 0.25) is 0 Å². The molecule has 0 N–H and O–H groups in total. The van der Waals surface area contributed by atoms with E-state index in [-0.39, 0.29) is 0 Å². The van der Waals surface area contributed by atoms with E-state index in [0.717, 1.165) is 50.1 Å². The monoisotopic (exact) mass is 763 g/mol. The summed E-state index contributed by atoms with van der Waals surface area (Å²) in [5, 5.41) is 12.5. The maximum absolute atomic E-state index is 6.14. The first-order chi connectivity index (χ1) is 29.7. The zero-order chi connectivity index (χ0) is 39.6. The lowest BCUT2D eigenvalue weighted by molar-refractivity contribution is 0.669. The highest BCUT2D eigenvalue weighted by molar-refractivity contribution is 6.25. The van der Waals surface area contributed by atoms with Crippen molar-refractivity contribution in [1.82, 2.24) is 0 Å². The van der Waals surface area contributed by atoms with Crippen LogP contribution in [0.1, 0.15) is 0 Å². The van der Waals surface area contributed by atoms with E-state index in [1.165, 1.54) is 65.3 Å². The molecule has 1 aromatic heterocycles. The third-order valence-electron chi connectivity index (χ3n) is 12.2. The van der Waals surface area contributed by atoms with E-state index in [2.05, 4.69) is 217 Å². The molecule has 12 rings (SSSR count). The van der Waals surface area contributed by atoms with E-state index >= 15 is 0 Å². The fourth-order valence-corrected chi connectivity index (χ4v) is 9.24. The normalized spacial score (nSPS) is 11.7. The van der Waals surface area contributed by atoms with Crippen molar-refractivity contribution in [2.75, 3.05) is 4.90 Å². The van der Waals surface area contributed by atoms with Crippen molar-refractivity contribution in [3.05, 3.63) is 224 Å². The smallest absolute Gasteiger partial charge is 0.135 e. The Balaban J connectivity index is 0.953. The Morgan fingerprint density at radius 3 is 1.38 bits per heavy atom. The second kappa shape index (κ2) is 13.9. The zero-order valence-corrected chi connectivity index (χ0v) is 32.7. The van der Waals surface area contributed by atoms with Crippen LogP contribution in [0, 0.1) is 0 Å². The lowest BCUT2D eigenvalue weighted by Gasteiger charge is -2.26. The van der Waals surface area contributed by atoms with E-state index in [0.29, 0.717) is 0 Å². The maximum atomic E-state index is 6.14. The van der Waals surface area contributed by atoms with Gasteiger partial charge in [-0.2, -0.15) is 0 Å². The fraction of sp³-hybridized carbons (Fsp3) is 0. The molecule has 0 unspecified atom stereocenters. The van der Waals surface area contributed by atoms with E-state index in [9.17, 15) is 0 Å². The van der Waals surface area contributed by atoms with Crippen molar-refractivity contribution in [3.8, 4) is 33.4 Å². The second-order valence-electron chi connectivity index (χ2n) is 15.7. The van der Waals surface area contributed by atoms with Gasteiger partial charge in [-0.1, -0.05) is 158 Å². The number of nitrogens with zero attached hydrogens (tertiary/aromatic N) is 1. The van der Waals surface area contributed by atoms with E-state index in [4.69, 9.17) is 4.42 Å². The first-order valence-corrected chi connectivity index (χ1v) is 20.6. The number of hydrogen-bond acceptors (Lipinski definition) is 2. The van der Waals surface area contributed by atoms with Gasteiger partial charge >= 0.3 is 0 Å². The van der Waals surface area contributed by atoms with Crippen LogP contribution >= 0.6 is 0 Å². The minimum Gasteiger partial charge on any atom is -0.456 e. The Morgan fingerprint density at radius 1 is 0.233 bits per heavy atom. The van der Waals surface area contributed by atoms with Gasteiger partial charge in [-0.25, -0.2) is 0 Å². The topological polar surface area (TPSA) is 16.4 Å². The number of anilines is 3. The molecule has 0 atom stereocenters. The van der Waals surface area contributed by atoms with Crippen molar-refractivity contribution in [2.45, 2.75) is 0 Å². The van der Waals surface area contributed by atoms with Gasteiger partial charge < -0.3 is 9.32 Å². The van der Waals surface area contributed by atoms with Gasteiger partial charge in [0, 0.05) is 27.8 Å². The molecule has 1 heterocycles. The summed E-state index contributed by atoms with van der Waals surface area (Å²) in [6.45, 7) is 0. The van der Waals surface area contributed by atoms with Crippen LogP contribution < -0.4 is 4.90 Å². The Bertz CT molecular complexity index is 3560. The number of benzene rings is 11. The number of hydrogen-bond donors (Lipinski definition) is 0. The summed E-state index contributed by atoms with van der Waals surface area (Å²) < 4.78 is 6.14. The summed E-state index contributed by atoms with van der Waals surface area (Å²) in [6, 6.07) is 81.4. The van der Waals surface area contributed by atoms with Crippen molar-refractivity contribution >= 4 is 82.1 Å². The van der Waals surface area contributed by atoms with Crippen LogP contribution in [-0.2, 0) is 0 Å². The molecule has 0 fully saturated rings. The molecule has 12 aromatic rings. The van der Waals surface area contributed by atoms with Crippen LogP contribution in [0.4, 0.5) is 17.1 Å². The molecule has 0 radical (unpaired) electrons. The lowest BCUT2D eigenvalue weighted by atomic mass is 9.92. The van der Waals surface area contributed by atoms with Crippen LogP contribution in [0.3, 0.4) is 0 Å². The molecule has 0 bridgehead atoms. The molecule has 0 aliphatic rings. The lowest BCUT2D eigenvalue weighted by Crippen LogP contribution is -2.10. The summed E-state index contributed by atoms with van der Waals surface area (Å²) in [7, 11) is 0. The SMILES string of the molecule is c1cc(-c2ccc3ccccc3c2)cc(N(c2ccc(-c3ccc4oc5ccccc5c4c3)cc2)c2ccc(-c3ccc4c5ccccc5c5ccccc5c4c3)cc2)c1. The Kier molecular flexibility index (Phi) is 7.89. The molecule has 0 saturated heterocycles.